The molecule has 0 heterocycles. The lowest BCUT2D eigenvalue weighted by Crippen LogP contribution is -2.64. The van der Waals surface area contributed by atoms with E-state index >= 15 is 4.11 Å². The Morgan fingerprint density at radius 2 is 1.15 bits per heavy atom. The van der Waals surface area contributed by atoms with E-state index in [0.717, 1.165) is 0 Å². The van der Waals surface area contributed by atoms with Crippen LogP contribution in [0.25, 0.3) is 0 Å². The Kier molecular flexibility index (Phi) is 6.27. The van der Waals surface area contributed by atoms with Crippen LogP contribution in [0, 0.1) is 0 Å². The maximum atomic E-state index is 15.2. The van der Waals surface area contributed by atoms with Crippen LogP contribution in [0.15, 0.2) is 0 Å². The van der Waals surface area contributed by atoms with Crippen molar-refractivity contribution in [1.29, 1.82) is 0 Å². The molecular weight excluding hydrogens is 285 g/mol. The molecule has 0 rings (SSSR count). The van der Waals surface area contributed by atoms with Crippen molar-refractivity contribution in [2.75, 3.05) is 0 Å². The third-order valence-corrected chi connectivity index (χ3v) is 15.3. The zero-order valence-corrected chi connectivity index (χ0v) is 17.4. The van der Waals surface area contributed by atoms with Gasteiger partial charge in [0, 0.05) is 11.1 Å². The van der Waals surface area contributed by atoms with E-state index in [0.29, 0.717) is 0 Å². The lowest BCUT2D eigenvalue weighted by molar-refractivity contribution is 0.190. The molecule has 0 aromatic rings. The van der Waals surface area contributed by atoms with E-state index in [4.69, 9.17) is 4.53 Å². The summed E-state index contributed by atoms with van der Waals surface area (Å²) in [6.45, 7) is 23.4. The Morgan fingerprint density at radius 3 is 1.35 bits per heavy atom. The van der Waals surface area contributed by atoms with Crippen molar-refractivity contribution in [2.45, 2.75) is 96.9 Å². The van der Waals surface area contributed by atoms with Crippen LogP contribution in [0.1, 0.15) is 69.2 Å². The smallest absolute Gasteiger partial charge is 0.314 e. The molecule has 1 N–H and O–H groups in total. The van der Waals surface area contributed by atoms with Gasteiger partial charge < -0.3 is 4.53 Å². The zero-order valence-electron chi connectivity index (χ0n) is 15.4. The molecular formula is C15H36FNOSi2. The quantitative estimate of drug-likeness (QED) is 0.386. The highest BCUT2D eigenvalue weighted by Crippen LogP contribution is 2.49. The van der Waals surface area contributed by atoms with Gasteiger partial charge in [0.15, 0.2) is 8.24 Å². The average Bonchev–Trinajstić information content (AvgIpc) is 2.21. The summed E-state index contributed by atoms with van der Waals surface area (Å²) in [6, 6.07) is 0. The van der Waals surface area contributed by atoms with E-state index in [9.17, 15) is 0 Å². The molecule has 0 aromatic heterocycles. The van der Waals surface area contributed by atoms with Crippen LogP contribution in [-0.4, -0.2) is 16.9 Å². The minimum Gasteiger partial charge on any atom is -0.314 e. The van der Waals surface area contributed by atoms with Gasteiger partial charge in [-0.2, -0.15) is 0 Å². The predicted octanol–water partition coefficient (Wildman–Crippen LogP) is 5.91. The molecule has 0 aliphatic rings. The molecule has 0 saturated heterocycles. The van der Waals surface area contributed by atoms with Crippen LogP contribution in [0.2, 0.25) is 27.7 Å². The predicted molar refractivity (Wildman–Crippen MR) is 92.3 cm³/mol. The highest BCUT2D eigenvalue weighted by Gasteiger charge is 2.53. The topological polar surface area (TPSA) is 21.3 Å². The van der Waals surface area contributed by atoms with E-state index in [1.807, 2.05) is 27.7 Å². The highest BCUT2D eigenvalue weighted by atomic mass is 28.4. The number of nitrogens with one attached hydrogen (secondary N) is 1. The summed E-state index contributed by atoms with van der Waals surface area (Å²) in [5, 5.41) is 3.49. The van der Waals surface area contributed by atoms with Crippen LogP contribution in [0.4, 0.5) is 4.11 Å². The summed E-state index contributed by atoms with van der Waals surface area (Å²) in [5.74, 6) is 0. The van der Waals surface area contributed by atoms with Crippen molar-refractivity contribution in [2.24, 2.45) is 0 Å². The Balaban J connectivity index is 5.35. The lowest BCUT2D eigenvalue weighted by atomic mass is 10.2. The van der Waals surface area contributed by atoms with E-state index in [-0.39, 0.29) is 21.2 Å². The molecule has 0 spiro atoms. The maximum Gasteiger partial charge on any atom is 0.405 e. The van der Waals surface area contributed by atoms with Gasteiger partial charge in [-0.1, -0.05) is 75.8 Å². The minimum atomic E-state index is -3.25. The van der Waals surface area contributed by atoms with Gasteiger partial charge in [-0.25, -0.2) is 5.15 Å². The van der Waals surface area contributed by atoms with E-state index in [2.05, 4.69) is 53.2 Å². The summed E-state index contributed by atoms with van der Waals surface area (Å²) in [5.41, 5.74) is -0.0960. The van der Waals surface area contributed by atoms with Crippen molar-refractivity contribution >= 4 is 16.9 Å². The second-order valence-corrected chi connectivity index (χ2v) is 18.2. The van der Waals surface area contributed by atoms with Gasteiger partial charge in [-0.05, 0) is 10.1 Å². The fourth-order valence-electron chi connectivity index (χ4n) is 2.51. The molecule has 122 valence electrons. The first kappa shape index (κ1) is 20.3. The molecule has 0 radical (unpaired) electrons. The van der Waals surface area contributed by atoms with Gasteiger partial charge in [-0.15, -0.1) is 0 Å². The third-order valence-electron chi connectivity index (χ3n) is 4.99. The monoisotopic (exact) mass is 321 g/mol. The second kappa shape index (κ2) is 6.19. The molecule has 0 saturated carbocycles. The number of halogens is 1. The molecule has 0 amide bonds. The van der Waals surface area contributed by atoms with Crippen molar-refractivity contribution in [3.8, 4) is 0 Å². The van der Waals surface area contributed by atoms with Crippen molar-refractivity contribution < 1.29 is 8.63 Å². The van der Waals surface area contributed by atoms with Crippen LogP contribution in [-0.2, 0) is 4.53 Å². The lowest BCUT2D eigenvalue weighted by Gasteiger charge is -2.50. The molecule has 20 heavy (non-hydrogen) atoms. The van der Waals surface area contributed by atoms with Crippen LogP contribution < -0.4 is 5.15 Å². The minimum absolute atomic E-state index is 0.0480. The Morgan fingerprint density at radius 1 is 0.850 bits per heavy atom. The Labute approximate surface area is 128 Å². The molecule has 0 aliphatic heterocycles. The molecule has 0 fully saturated rings. The highest BCUT2D eigenvalue weighted by molar-refractivity contribution is 6.82. The summed E-state index contributed by atoms with van der Waals surface area (Å²) in [7, 11) is -5.28. The molecule has 0 unspecified atom stereocenters. The largest absolute Gasteiger partial charge is 0.405 e. The molecule has 0 atom stereocenters. The second-order valence-electron chi connectivity index (χ2n) is 8.84. The fourth-order valence-corrected chi connectivity index (χ4v) is 8.62. The Bertz CT molecular complexity index is 297. The summed E-state index contributed by atoms with van der Waals surface area (Å²) in [4.78, 5) is 0. The average molecular weight is 322 g/mol. The van der Waals surface area contributed by atoms with Gasteiger partial charge in [0.2, 0.25) is 0 Å². The standard InChI is InChI=1S/C15H36FNOSi2/c1-12(2)20(16,13(3)4)18-17-19(11,14(5,6)7)15(8,9)10/h12-13,17H,1-11H3. The van der Waals surface area contributed by atoms with Crippen LogP contribution >= 0.6 is 0 Å². The zero-order chi connectivity index (χ0) is 16.6. The van der Waals surface area contributed by atoms with Crippen molar-refractivity contribution in [3.05, 3.63) is 0 Å². The van der Waals surface area contributed by atoms with E-state index < -0.39 is 16.9 Å². The van der Waals surface area contributed by atoms with Crippen molar-refractivity contribution in [1.82, 2.24) is 5.15 Å². The van der Waals surface area contributed by atoms with Gasteiger partial charge in [0.25, 0.3) is 0 Å². The SMILES string of the molecule is CC(C)[Si](F)(ON[Si](C)(C(C)(C)C)C(C)(C)C)C(C)C. The first-order valence-corrected chi connectivity index (χ1v) is 12.2. The first-order chi connectivity index (χ1) is 8.59. The van der Waals surface area contributed by atoms with Crippen LogP contribution in [0.3, 0.4) is 0 Å². The maximum absolute atomic E-state index is 15.2. The van der Waals surface area contributed by atoms with Crippen molar-refractivity contribution in [3.63, 3.8) is 0 Å². The number of rotatable bonds is 5. The fraction of sp³-hybridized carbons (Fsp3) is 1.00. The third kappa shape index (κ3) is 3.93. The Hall–Kier alpha value is 0.284. The van der Waals surface area contributed by atoms with Gasteiger partial charge in [0.1, 0.15) is 0 Å². The first-order valence-electron chi connectivity index (χ1n) is 7.73. The molecule has 0 aromatic carbocycles. The summed E-state index contributed by atoms with van der Waals surface area (Å²) in [6.07, 6.45) is 0. The molecule has 0 aliphatic carbocycles. The molecule has 2 nitrogen and oxygen atoms in total. The van der Waals surface area contributed by atoms with Crippen LogP contribution in [0.5, 0.6) is 0 Å². The molecule has 0 bridgehead atoms. The normalized spacial score (nSPS) is 15.3. The summed E-state index contributed by atoms with van der Waals surface area (Å²) < 4.78 is 21.1. The number of hydrogen-bond acceptors (Lipinski definition) is 2. The van der Waals surface area contributed by atoms with E-state index in [1.165, 1.54) is 0 Å². The molecule has 5 heteroatoms. The van der Waals surface area contributed by atoms with Gasteiger partial charge in [-0.3, -0.25) is 4.11 Å². The van der Waals surface area contributed by atoms with E-state index in [1.54, 1.807) is 0 Å². The van der Waals surface area contributed by atoms with Gasteiger partial charge >= 0.3 is 8.65 Å². The van der Waals surface area contributed by atoms with Gasteiger partial charge in [0.05, 0.1) is 0 Å². The summed E-state index contributed by atoms with van der Waals surface area (Å²) >= 11 is 0. The number of hydrogen-bond donors (Lipinski definition) is 1.